The van der Waals surface area contributed by atoms with Crippen LogP contribution in [-0.2, 0) is 17.7 Å². The molecule has 11 heteroatoms. The Kier molecular flexibility index (Phi) is 6.56. The molecule has 2 N–H and O–H groups in total. The maximum Gasteiger partial charge on any atom is 0.295 e. The van der Waals surface area contributed by atoms with Crippen LogP contribution < -0.4 is 10.9 Å². The van der Waals surface area contributed by atoms with Crippen molar-refractivity contribution in [2.75, 3.05) is 11.1 Å². The van der Waals surface area contributed by atoms with Gasteiger partial charge in [-0.05, 0) is 64.0 Å². The van der Waals surface area contributed by atoms with E-state index < -0.39 is 11.2 Å². The Bertz CT molecular complexity index is 1550. The lowest BCUT2D eigenvalue weighted by Crippen LogP contribution is -2.29. The first-order valence-electron chi connectivity index (χ1n) is 13.1. The van der Waals surface area contributed by atoms with Gasteiger partial charge in [0, 0.05) is 30.8 Å². The zero-order chi connectivity index (χ0) is 26.4. The average molecular weight is 532 g/mol. The van der Waals surface area contributed by atoms with Gasteiger partial charge in [0.05, 0.1) is 23.1 Å². The van der Waals surface area contributed by atoms with Crippen LogP contribution >= 0.6 is 0 Å². The predicted octanol–water partition coefficient (Wildman–Crippen LogP) is 4.28. The topological polar surface area (TPSA) is 132 Å². The first-order chi connectivity index (χ1) is 18.4. The van der Waals surface area contributed by atoms with Crippen molar-refractivity contribution in [1.29, 1.82) is 0 Å². The zero-order valence-electron chi connectivity index (χ0n) is 21.8. The van der Waals surface area contributed by atoms with Crippen molar-refractivity contribution in [1.82, 2.24) is 34.5 Å². The van der Waals surface area contributed by atoms with E-state index in [1.54, 1.807) is 23.3 Å². The van der Waals surface area contributed by atoms with Crippen LogP contribution in [0.1, 0.15) is 68.4 Å². The highest BCUT2D eigenvalue weighted by Crippen LogP contribution is 2.43. The van der Waals surface area contributed by atoms with E-state index in [-0.39, 0.29) is 17.4 Å². The van der Waals surface area contributed by atoms with Crippen LogP contribution in [0, 0.1) is 12.8 Å². The van der Waals surface area contributed by atoms with Crippen LogP contribution in [-0.4, -0.2) is 44.8 Å². The van der Waals surface area contributed by atoms with E-state index in [4.69, 9.17) is 4.98 Å². The highest BCUT2D eigenvalue weighted by molar-refractivity contribution is 7.91. The number of hydrogen-bond donors (Lipinski definition) is 2. The summed E-state index contributed by atoms with van der Waals surface area (Å²) in [6, 6.07) is 3.72. The van der Waals surface area contributed by atoms with E-state index in [0.29, 0.717) is 46.1 Å². The van der Waals surface area contributed by atoms with Gasteiger partial charge in [0.2, 0.25) is 11.2 Å². The summed E-state index contributed by atoms with van der Waals surface area (Å²) in [6.07, 6.45) is 9.43. The molecule has 1 unspecified atom stereocenters. The maximum absolute atomic E-state index is 13.8. The molecule has 4 aromatic heterocycles. The second-order valence-corrected chi connectivity index (χ2v) is 11.8. The minimum absolute atomic E-state index is 0.00945. The quantitative estimate of drug-likeness (QED) is 0.304. The van der Waals surface area contributed by atoms with Crippen molar-refractivity contribution in [2.24, 2.45) is 5.92 Å². The molecule has 2 aliphatic rings. The lowest BCUT2D eigenvalue weighted by atomic mass is 10.1. The number of fused-ring (bicyclic) bond motifs is 1. The van der Waals surface area contributed by atoms with E-state index in [0.717, 1.165) is 48.2 Å². The lowest BCUT2D eigenvalue weighted by molar-refractivity contribution is 0.482. The molecule has 0 spiro atoms. The lowest BCUT2D eigenvalue weighted by Gasteiger charge is -2.19. The largest absolute Gasteiger partial charge is 0.361 e. The monoisotopic (exact) mass is 531 g/mol. The highest BCUT2D eigenvalue weighted by Gasteiger charge is 2.33. The summed E-state index contributed by atoms with van der Waals surface area (Å²) >= 11 is -0.852. The van der Waals surface area contributed by atoms with Crippen molar-refractivity contribution < 1.29 is 4.55 Å². The van der Waals surface area contributed by atoms with Gasteiger partial charge in [0.15, 0.2) is 17.3 Å². The Morgan fingerprint density at radius 1 is 1.11 bits per heavy atom. The van der Waals surface area contributed by atoms with E-state index in [9.17, 15) is 9.35 Å². The van der Waals surface area contributed by atoms with Gasteiger partial charge >= 0.3 is 0 Å². The molecular formula is C27H31N8O2S+. The molecule has 38 heavy (non-hydrogen) atoms. The second kappa shape index (κ2) is 10.0. The predicted molar refractivity (Wildman–Crippen MR) is 147 cm³/mol. The molecule has 0 amide bonds. The molecule has 6 rings (SSSR count). The Morgan fingerprint density at radius 3 is 2.61 bits per heavy atom. The summed E-state index contributed by atoms with van der Waals surface area (Å²) in [4.78, 5) is 41.3. The van der Waals surface area contributed by atoms with Gasteiger partial charge in [-0.25, -0.2) is 29.9 Å². The number of hydrogen-bond acceptors (Lipinski definition) is 9. The molecule has 0 aliphatic heterocycles. The third-order valence-corrected chi connectivity index (χ3v) is 8.64. The molecule has 0 aromatic carbocycles. The molecule has 196 valence electrons. The van der Waals surface area contributed by atoms with Gasteiger partial charge in [-0.1, -0.05) is 0 Å². The van der Waals surface area contributed by atoms with Crippen LogP contribution in [0.2, 0.25) is 0 Å². The fraction of sp³-hybridized carbons (Fsp3) is 0.444. The SMILES string of the molecule is CC[S+](O)c1ccc(CNc2nc3cnc(-c4c(C)ncnc4C4CC4)nc3n([C@@H](C)C3CC3)c2=O)cn1. The average Bonchev–Trinajstić information content (AvgIpc) is 3.84. The molecule has 4 heterocycles. The van der Waals surface area contributed by atoms with Crippen molar-refractivity contribution in [3.8, 4) is 11.4 Å². The van der Waals surface area contributed by atoms with Gasteiger partial charge in [0.1, 0.15) is 17.6 Å². The zero-order valence-corrected chi connectivity index (χ0v) is 22.6. The molecular weight excluding hydrogens is 500 g/mol. The molecule has 4 aromatic rings. The van der Waals surface area contributed by atoms with Crippen LogP contribution in [0.15, 0.2) is 40.7 Å². The van der Waals surface area contributed by atoms with Gasteiger partial charge in [-0.2, -0.15) is 4.55 Å². The van der Waals surface area contributed by atoms with Gasteiger partial charge in [0.25, 0.3) is 10.6 Å². The molecule has 0 bridgehead atoms. The number of anilines is 1. The van der Waals surface area contributed by atoms with Crippen molar-refractivity contribution in [2.45, 2.75) is 70.0 Å². The molecule has 0 saturated heterocycles. The summed E-state index contributed by atoms with van der Waals surface area (Å²) in [7, 11) is 0. The first-order valence-corrected chi connectivity index (χ1v) is 14.5. The Morgan fingerprint density at radius 2 is 1.92 bits per heavy atom. The normalized spacial score (nSPS) is 16.9. The Labute approximate surface area is 223 Å². The molecule has 2 fully saturated rings. The Hall–Kier alpha value is -3.44. The minimum Gasteiger partial charge on any atom is -0.361 e. The number of nitrogens with zero attached hydrogens (tertiary/aromatic N) is 7. The van der Waals surface area contributed by atoms with Crippen molar-refractivity contribution in [3.05, 3.63) is 58.2 Å². The van der Waals surface area contributed by atoms with Crippen LogP contribution in [0.5, 0.6) is 0 Å². The summed E-state index contributed by atoms with van der Waals surface area (Å²) < 4.78 is 11.8. The second-order valence-electron chi connectivity index (χ2n) is 10.1. The number of nitrogens with one attached hydrogen (secondary N) is 1. The number of aryl methyl sites for hydroxylation is 1. The summed E-state index contributed by atoms with van der Waals surface area (Å²) in [5.41, 5.74) is 4.48. The molecule has 10 nitrogen and oxygen atoms in total. The van der Waals surface area contributed by atoms with Crippen LogP contribution in [0.25, 0.3) is 22.6 Å². The summed E-state index contributed by atoms with van der Waals surface area (Å²) in [6.45, 7) is 6.34. The first kappa shape index (κ1) is 24.9. The van der Waals surface area contributed by atoms with Crippen LogP contribution in [0.3, 0.4) is 0 Å². The fourth-order valence-electron chi connectivity index (χ4n) is 4.83. The summed E-state index contributed by atoms with van der Waals surface area (Å²) in [5.74, 6) is 2.29. The highest BCUT2D eigenvalue weighted by atomic mass is 32.2. The van der Waals surface area contributed by atoms with E-state index >= 15 is 0 Å². The third kappa shape index (κ3) is 4.76. The minimum atomic E-state index is -0.852. The molecule has 2 saturated carbocycles. The molecule has 2 atom stereocenters. The third-order valence-electron chi connectivity index (χ3n) is 7.37. The number of aromatic nitrogens is 7. The number of pyridine rings is 1. The fourth-order valence-corrected chi connectivity index (χ4v) is 5.52. The molecule has 2 aliphatic carbocycles. The number of rotatable bonds is 9. The van der Waals surface area contributed by atoms with Crippen molar-refractivity contribution in [3.63, 3.8) is 0 Å². The maximum atomic E-state index is 13.8. The van der Waals surface area contributed by atoms with Gasteiger partial charge < -0.3 is 5.32 Å². The van der Waals surface area contributed by atoms with Crippen LogP contribution in [0.4, 0.5) is 5.82 Å². The van der Waals surface area contributed by atoms with Crippen molar-refractivity contribution >= 4 is 28.2 Å². The van der Waals surface area contributed by atoms with Gasteiger partial charge in [-0.3, -0.25) is 9.36 Å². The van der Waals surface area contributed by atoms with Gasteiger partial charge in [-0.15, -0.1) is 0 Å². The Balaban J connectivity index is 1.38. The molecule has 0 radical (unpaired) electrons. The van der Waals surface area contributed by atoms with E-state index in [1.165, 1.54) is 0 Å². The smallest absolute Gasteiger partial charge is 0.295 e. The standard InChI is InChI=1S/C27H31N8O2S/c1-4-38(37)21-10-5-17(11-28-21)12-29-25-27(36)35(16(3)18-6-7-18)26-20(33-25)13-30-24(34-26)22-15(2)31-14-32-23(22)19-8-9-19/h5,10-11,13-14,16,18-19,37H,4,6-9,12H2,1-3H3,(H,29,33)/q+1/t16-,38?/m0/s1. The van der Waals surface area contributed by atoms with E-state index in [1.807, 2.05) is 26.0 Å². The van der Waals surface area contributed by atoms with E-state index in [2.05, 4.69) is 37.2 Å². The summed E-state index contributed by atoms with van der Waals surface area (Å²) in [5, 5.41) is 3.87.